The molecule has 1 aromatic carbocycles. The maximum atomic E-state index is 13.0. The molecule has 0 radical (unpaired) electrons. The van der Waals surface area contributed by atoms with Crippen molar-refractivity contribution in [2.24, 2.45) is 11.1 Å². The van der Waals surface area contributed by atoms with Crippen LogP contribution in [-0.2, 0) is 27.6 Å². The van der Waals surface area contributed by atoms with E-state index >= 15 is 0 Å². The van der Waals surface area contributed by atoms with E-state index in [-0.39, 0.29) is 22.2 Å². The molecular formula is C20H22Cl2N2O5S2. The topological polar surface area (TPSA) is 116 Å². The van der Waals surface area contributed by atoms with Gasteiger partial charge in [0.15, 0.2) is 0 Å². The molecule has 0 aliphatic heterocycles. The van der Waals surface area contributed by atoms with Crippen molar-refractivity contribution in [1.29, 1.82) is 0 Å². The summed E-state index contributed by atoms with van der Waals surface area (Å²) in [6.45, 7) is 4.04. The zero-order valence-electron chi connectivity index (χ0n) is 17.0. The molecule has 31 heavy (non-hydrogen) atoms. The second kappa shape index (κ2) is 9.46. The number of ether oxygens (including phenoxy) is 1. The maximum Gasteiger partial charge on any atom is 0.341 e. The van der Waals surface area contributed by atoms with E-state index in [0.717, 1.165) is 48.3 Å². The number of carbonyl (C=O) groups excluding carboxylic acids is 2. The first kappa shape index (κ1) is 24.0. The summed E-state index contributed by atoms with van der Waals surface area (Å²) in [7, 11) is -4.16. The standard InChI is InChI=1S/C20H22Cl2N2O5S2/c1-3-10-5-6-11-15(7-10)30-19(17(11)20(26)29-4-2)24-18(25)12-8-16(31(23,27)28)14(22)9-13(12)21/h8-10H,3-7H2,1-2H3,(H,24,25)(H2,23,27,28). The summed E-state index contributed by atoms with van der Waals surface area (Å²) in [5.74, 6) is -0.659. The number of amides is 1. The van der Waals surface area contributed by atoms with E-state index in [2.05, 4.69) is 12.2 Å². The third kappa shape index (κ3) is 5.06. The summed E-state index contributed by atoms with van der Waals surface area (Å²) in [6.07, 6.45) is 3.55. The lowest BCUT2D eigenvalue weighted by Crippen LogP contribution is -2.18. The third-order valence-corrected chi connectivity index (χ3v) is 8.08. The van der Waals surface area contributed by atoms with Crippen molar-refractivity contribution in [1.82, 2.24) is 0 Å². The lowest BCUT2D eigenvalue weighted by atomic mass is 9.85. The molecule has 0 saturated carbocycles. The van der Waals surface area contributed by atoms with Gasteiger partial charge in [-0.15, -0.1) is 11.3 Å². The number of halogens is 2. The SMILES string of the molecule is CCOC(=O)c1c(NC(=O)c2cc(S(N)(=O)=O)c(Cl)cc2Cl)sc2c1CCC(CC)C2. The van der Waals surface area contributed by atoms with Gasteiger partial charge in [-0.1, -0.05) is 36.5 Å². The number of benzene rings is 1. The molecule has 1 aliphatic carbocycles. The van der Waals surface area contributed by atoms with Crippen molar-refractivity contribution in [2.45, 2.75) is 44.4 Å². The van der Waals surface area contributed by atoms with Gasteiger partial charge in [0, 0.05) is 4.88 Å². The van der Waals surface area contributed by atoms with Gasteiger partial charge in [0.25, 0.3) is 5.91 Å². The molecule has 1 atom stereocenters. The fourth-order valence-corrected chi connectivity index (χ4v) is 6.35. The van der Waals surface area contributed by atoms with Crippen molar-refractivity contribution in [3.05, 3.63) is 43.7 Å². The number of fused-ring (bicyclic) bond motifs is 1. The van der Waals surface area contributed by atoms with E-state index in [0.29, 0.717) is 16.5 Å². The smallest absolute Gasteiger partial charge is 0.341 e. The van der Waals surface area contributed by atoms with Crippen molar-refractivity contribution < 1.29 is 22.7 Å². The van der Waals surface area contributed by atoms with Gasteiger partial charge in [-0.2, -0.15) is 0 Å². The first-order valence-electron chi connectivity index (χ1n) is 9.71. The van der Waals surface area contributed by atoms with Crippen LogP contribution in [0.4, 0.5) is 5.00 Å². The summed E-state index contributed by atoms with van der Waals surface area (Å²) in [5, 5.41) is 8.01. The predicted octanol–water partition coefficient (Wildman–Crippen LogP) is 4.65. The zero-order valence-corrected chi connectivity index (χ0v) is 20.1. The van der Waals surface area contributed by atoms with Crippen LogP contribution in [0.2, 0.25) is 10.0 Å². The van der Waals surface area contributed by atoms with Gasteiger partial charge in [0.2, 0.25) is 10.0 Å². The lowest BCUT2D eigenvalue weighted by Gasteiger charge is -2.20. The van der Waals surface area contributed by atoms with Crippen LogP contribution in [0.3, 0.4) is 0 Å². The average molecular weight is 505 g/mol. The highest BCUT2D eigenvalue weighted by molar-refractivity contribution is 7.89. The van der Waals surface area contributed by atoms with Crippen molar-refractivity contribution in [2.75, 3.05) is 11.9 Å². The molecular weight excluding hydrogens is 483 g/mol. The van der Waals surface area contributed by atoms with E-state index in [1.54, 1.807) is 6.92 Å². The fourth-order valence-electron chi connectivity index (χ4n) is 3.60. The van der Waals surface area contributed by atoms with E-state index < -0.39 is 26.8 Å². The van der Waals surface area contributed by atoms with Crippen LogP contribution >= 0.6 is 34.5 Å². The minimum Gasteiger partial charge on any atom is -0.462 e. The van der Waals surface area contributed by atoms with Gasteiger partial charge >= 0.3 is 5.97 Å². The van der Waals surface area contributed by atoms with Crippen LogP contribution in [0.1, 0.15) is 57.8 Å². The van der Waals surface area contributed by atoms with Crippen molar-refractivity contribution in [3.8, 4) is 0 Å². The number of sulfonamides is 1. The maximum absolute atomic E-state index is 13.0. The second-order valence-corrected chi connectivity index (χ2v) is 10.7. The number of thiophene rings is 1. The van der Waals surface area contributed by atoms with Crippen LogP contribution in [0.15, 0.2) is 17.0 Å². The molecule has 7 nitrogen and oxygen atoms in total. The minimum atomic E-state index is -4.16. The number of esters is 1. The lowest BCUT2D eigenvalue weighted by molar-refractivity contribution is 0.0526. The van der Waals surface area contributed by atoms with E-state index in [1.807, 2.05) is 0 Å². The quantitative estimate of drug-likeness (QED) is 0.555. The van der Waals surface area contributed by atoms with Crippen molar-refractivity contribution >= 4 is 61.4 Å². The number of anilines is 1. The molecule has 1 aromatic heterocycles. The monoisotopic (exact) mass is 504 g/mol. The Hall–Kier alpha value is -1.65. The summed E-state index contributed by atoms with van der Waals surface area (Å²) < 4.78 is 28.7. The predicted molar refractivity (Wildman–Crippen MR) is 122 cm³/mol. The van der Waals surface area contributed by atoms with Gasteiger partial charge in [0.05, 0.1) is 27.8 Å². The number of nitrogens with one attached hydrogen (secondary N) is 1. The highest BCUT2D eigenvalue weighted by atomic mass is 35.5. The molecule has 11 heteroatoms. The fraction of sp³-hybridized carbons (Fsp3) is 0.400. The van der Waals surface area contributed by atoms with Gasteiger partial charge in [-0.25, -0.2) is 18.4 Å². The molecule has 168 valence electrons. The Labute approximate surface area is 194 Å². The number of primary sulfonamides is 1. The summed E-state index contributed by atoms with van der Waals surface area (Å²) >= 11 is 13.4. The highest BCUT2D eigenvalue weighted by Gasteiger charge is 2.30. The molecule has 0 bridgehead atoms. The molecule has 1 unspecified atom stereocenters. The molecule has 2 aromatic rings. The Morgan fingerprint density at radius 3 is 2.58 bits per heavy atom. The van der Waals surface area contributed by atoms with Gasteiger partial charge in [0.1, 0.15) is 9.90 Å². The van der Waals surface area contributed by atoms with Gasteiger partial charge < -0.3 is 10.1 Å². The summed E-state index contributed by atoms with van der Waals surface area (Å²) in [6, 6.07) is 2.18. The number of hydrogen-bond donors (Lipinski definition) is 2. The Morgan fingerprint density at radius 2 is 1.97 bits per heavy atom. The average Bonchev–Trinajstić information content (AvgIpc) is 3.03. The molecule has 1 amide bonds. The molecule has 3 rings (SSSR count). The number of hydrogen-bond acceptors (Lipinski definition) is 6. The Bertz CT molecular complexity index is 1140. The molecule has 0 saturated heterocycles. The highest BCUT2D eigenvalue weighted by Crippen LogP contribution is 2.41. The molecule has 0 spiro atoms. The zero-order chi connectivity index (χ0) is 22.9. The Kier molecular flexibility index (Phi) is 7.32. The Balaban J connectivity index is 2.02. The van der Waals surface area contributed by atoms with Crippen molar-refractivity contribution in [3.63, 3.8) is 0 Å². The van der Waals surface area contributed by atoms with Gasteiger partial charge in [-0.3, -0.25) is 4.79 Å². The molecule has 1 heterocycles. The van der Waals surface area contributed by atoms with E-state index in [9.17, 15) is 18.0 Å². The summed E-state index contributed by atoms with van der Waals surface area (Å²) in [5.41, 5.74) is 1.13. The number of rotatable bonds is 6. The first-order valence-corrected chi connectivity index (χ1v) is 12.8. The first-order chi connectivity index (χ1) is 14.6. The normalized spacial score (nSPS) is 16.0. The van der Waals surface area contributed by atoms with Crippen LogP contribution in [0.5, 0.6) is 0 Å². The summed E-state index contributed by atoms with van der Waals surface area (Å²) in [4.78, 5) is 26.3. The third-order valence-electron chi connectivity index (χ3n) is 5.22. The largest absolute Gasteiger partial charge is 0.462 e. The van der Waals surface area contributed by atoms with Crippen LogP contribution in [0.25, 0.3) is 0 Å². The molecule has 1 aliphatic rings. The van der Waals surface area contributed by atoms with E-state index in [1.165, 1.54) is 11.3 Å². The van der Waals surface area contributed by atoms with Crippen LogP contribution in [-0.4, -0.2) is 26.9 Å². The number of carbonyl (C=O) groups is 2. The molecule has 0 fully saturated rings. The molecule has 3 N–H and O–H groups in total. The Morgan fingerprint density at radius 1 is 1.26 bits per heavy atom. The minimum absolute atomic E-state index is 0.0417. The van der Waals surface area contributed by atoms with Crippen LogP contribution in [0, 0.1) is 5.92 Å². The second-order valence-electron chi connectivity index (χ2n) is 7.21. The van der Waals surface area contributed by atoms with E-state index in [4.69, 9.17) is 33.1 Å². The van der Waals surface area contributed by atoms with Gasteiger partial charge in [-0.05, 0) is 49.8 Å². The number of nitrogens with two attached hydrogens (primary N) is 1. The van der Waals surface area contributed by atoms with Crippen LogP contribution < -0.4 is 10.5 Å².